The van der Waals surface area contributed by atoms with Crippen LogP contribution in [0.5, 0.6) is 0 Å². The average molecular weight is 296 g/mol. The van der Waals surface area contributed by atoms with Crippen molar-refractivity contribution >= 4 is 26.7 Å². The molecule has 19 heavy (non-hydrogen) atoms. The maximum Gasteiger partial charge on any atom is 0.263 e. The number of nitrogens with zero attached hydrogens (tertiary/aromatic N) is 3. The van der Waals surface area contributed by atoms with Crippen molar-refractivity contribution in [2.75, 3.05) is 11.3 Å². The maximum atomic E-state index is 11.9. The average Bonchev–Trinajstić information content (AvgIpc) is 2.89. The van der Waals surface area contributed by atoms with Crippen LogP contribution in [-0.2, 0) is 10.0 Å². The van der Waals surface area contributed by atoms with Crippen molar-refractivity contribution in [2.45, 2.75) is 4.90 Å². The van der Waals surface area contributed by atoms with Crippen LogP contribution in [0, 0.1) is 11.8 Å². The number of sulfonamides is 1. The summed E-state index contributed by atoms with van der Waals surface area (Å²) in [6.07, 6.45) is 0. The predicted molar refractivity (Wildman–Crippen MR) is 68.9 cm³/mol. The Morgan fingerprint density at radius 1 is 1.32 bits per heavy atom. The van der Waals surface area contributed by atoms with E-state index >= 15 is 0 Å². The first-order valence-electron chi connectivity index (χ1n) is 4.99. The lowest BCUT2D eigenvalue weighted by atomic mass is 10.2. The van der Waals surface area contributed by atoms with Crippen molar-refractivity contribution in [2.24, 2.45) is 0 Å². The molecule has 7 nitrogen and oxygen atoms in total. The second kappa shape index (κ2) is 5.75. The minimum Gasteiger partial charge on any atom is -0.384 e. The third-order valence-electron chi connectivity index (χ3n) is 2.00. The number of aromatic nitrogens is 3. The summed E-state index contributed by atoms with van der Waals surface area (Å²) >= 11 is 0.846. The molecule has 1 aromatic carbocycles. The molecule has 0 spiro atoms. The van der Waals surface area contributed by atoms with Gasteiger partial charge in [0.25, 0.3) is 10.0 Å². The number of rotatable bonds is 3. The fourth-order valence-electron chi connectivity index (χ4n) is 1.21. The molecule has 0 saturated carbocycles. The van der Waals surface area contributed by atoms with E-state index in [2.05, 4.69) is 31.4 Å². The minimum absolute atomic E-state index is 0.0808. The van der Waals surface area contributed by atoms with Gasteiger partial charge in [-0.2, -0.15) is 0 Å². The van der Waals surface area contributed by atoms with Crippen LogP contribution in [0.25, 0.3) is 0 Å². The van der Waals surface area contributed by atoms with Gasteiger partial charge >= 0.3 is 0 Å². The van der Waals surface area contributed by atoms with Gasteiger partial charge < -0.3 is 5.11 Å². The first-order chi connectivity index (χ1) is 9.12. The van der Waals surface area contributed by atoms with Gasteiger partial charge in [0.2, 0.25) is 5.13 Å². The fourth-order valence-corrected chi connectivity index (χ4v) is 2.79. The number of hydrogen-bond donors (Lipinski definition) is 2. The molecule has 0 radical (unpaired) electrons. The molecular weight excluding hydrogens is 288 g/mol. The van der Waals surface area contributed by atoms with E-state index in [9.17, 15) is 8.42 Å². The van der Waals surface area contributed by atoms with Crippen LogP contribution in [0.3, 0.4) is 0 Å². The Balaban J connectivity index is 2.21. The second-order valence-corrected chi connectivity index (χ2v) is 5.67. The largest absolute Gasteiger partial charge is 0.384 e. The third kappa shape index (κ3) is 3.47. The maximum absolute atomic E-state index is 11.9. The third-order valence-corrected chi connectivity index (χ3v) is 3.99. The number of aliphatic hydroxyl groups is 1. The molecular formula is C10H8N4O3S2. The van der Waals surface area contributed by atoms with Crippen LogP contribution in [0.1, 0.15) is 5.56 Å². The molecule has 0 amide bonds. The second-order valence-electron chi connectivity index (χ2n) is 3.26. The van der Waals surface area contributed by atoms with Crippen LogP contribution in [-0.4, -0.2) is 34.9 Å². The first kappa shape index (κ1) is 13.4. The molecule has 1 aromatic heterocycles. The number of hydrogen-bond acceptors (Lipinski definition) is 7. The van der Waals surface area contributed by atoms with Crippen molar-refractivity contribution in [3.8, 4) is 11.8 Å². The van der Waals surface area contributed by atoms with E-state index in [1.54, 1.807) is 12.1 Å². The van der Waals surface area contributed by atoms with Crippen LogP contribution >= 0.6 is 11.5 Å². The van der Waals surface area contributed by atoms with Crippen LogP contribution in [0.2, 0.25) is 0 Å². The zero-order chi connectivity index (χ0) is 13.7. The quantitative estimate of drug-likeness (QED) is 0.777. The summed E-state index contributed by atoms with van der Waals surface area (Å²) in [5, 5.41) is 15.5. The Morgan fingerprint density at radius 2 is 2.05 bits per heavy atom. The molecule has 0 aliphatic carbocycles. The molecule has 98 valence electrons. The van der Waals surface area contributed by atoms with E-state index in [0.717, 1.165) is 11.5 Å². The molecule has 0 saturated heterocycles. The smallest absolute Gasteiger partial charge is 0.263 e. The van der Waals surface area contributed by atoms with E-state index in [0.29, 0.717) is 5.56 Å². The Morgan fingerprint density at radius 3 is 2.63 bits per heavy atom. The van der Waals surface area contributed by atoms with Crippen molar-refractivity contribution < 1.29 is 13.5 Å². The topological polar surface area (TPSA) is 105 Å². The Bertz CT molecular complexity index is 699. The highest BCUT2D eigenvalue weighted by Gasteiger charge is 2.15. The Kier molecular flexibility index (Phi) is 4.06. The van der Waals surface area contributed by atoms with Crippen molar-refractivity contribution in [3.63, 3.8) is 0 Å². The number of anilines is 1. The van der Waals surface area contributed by atoms with Gasteiger partial charge in [0.15, 0.2) is 0 Å². The van der Waals surface area contributed by atoms with Crippen molar-refractivity contribution in [1.82, 2.24) is 14.8 Å². The molecule has 2 N–H and O–H groups in total. The van der Waals surface area contributed by atoms with E-state index < -0.39 is 10.0 Å². The lowest BCUT2D eigenvalue weighted by Crippen LogP contribution is -2.12. The number of benzene rings is 1. The lowest BCUT2D eigenvalue weighted by molar-refractivity contribution is 0.350. The monoisotopic (exact) mass is 296 g/mol. The Hall–Kier alpha value is -2.02. The van der Waals surface area contributed by atoms with E-state index in [1.165, 1.54) is 12.1 Å². The van der Waals surface area contributed by atoms with Gasteiger partial charge in [-0.05, 0) is 29.5 Å². The summed E-state index contributed by atoms with van der Waals surface area (Å²) in [6, 6.07) is 5.93. The summed E-state index contributed by atoms with van der Waals surface area (Å²) in [4.78, 5) is 0.0808. The summed E-state index contributed by atoms with van der Waals surface area (Å²) in [7, 11) is -3.70. The minimum atomic E-state index is -3.70. The summed E-state index contributed by atoms with van der Waals surface area (Å²) in [5.74, 6) is 5.15. The Labute approximate surface area is 113 Å². The molecule has 0 aliphatic rings. The van der Waals surface area contributed by atoms with Gasteiger partial charge in [0, 0.05) is 17.1 Å². The highest BCUT2D eigenvalue weighted by atomic mass is 32.2. The van der Waals surface area contributed by atoms with E-state index in [-0.39, 0.29) is 16.6 Å². The van der Waals surface area contributed by atoms with Gasteiger partial charge in [-0.25, -0.2) is 8.42 Å². The van der Waals surface area contributed by atoms with Gasteiger partial charge in [0.1, 0.15) is 6.61 Å². The molecule has 9 heteroatoms. The van der Waals surface area contributed by atoms with Gasteiger partial charge in [-0.3, -0.25) is 4.72 Å². The van der Waals surface area contributed by atoms with E-state index in [1.807, 2.05) is 0 Å². The van der Waals surface area contributed by atoms with Gasteiger partial charge in [-0.1, -0.05) is 21.4 Å². The van der Waals surface area contributed by atoms with Gasteiger partial charge in [-0.15, -0.1) is 0 Å². The SMILES string of the molecule is O=S(=O)(Nc1nnns1)c1ccc(C#CCO)cc1. The van der Waals surface area contributed by atoms with E-state index in [4.69, 9.17) is 5.11 Å². The molecule has 1 heterocycles. The highest BCUT2D eigenvalue weighted by molar-refractivity contribution is 7.93. The summed E-state index contributed by atoms with van der Waals surface area (Å²) in [6.45, 7) is -0.244. The molecule has 2 aromatic rings. The molecule has 0 atom stereocenters. The van der Waals surface area contributed by atoms with Crippen LogP contribution in [0.15, 0.2) is 29.2 Å². The standard InChI is InChI=1S/C10H8N4O3S2/c15-7-1-2-8-3-5-9(6-4-8)19(16,17)12-10-11-13-14-18-10/h3-6,15H,7H2,(H,11,12,14). The lowest BCUT2D eigenvalue weighted by Gasteiger charge is -2.03. The zero-order valence-electron chi connectivity index (χ0n) is 9.44. The van der Waals surface area contributed by atoms with Crippen LogP contribution in [0.4, 0.5) is 5.13 Å². The fraction of sp³-hybridized carbons (Fsp3) is 0.100. The molecule has 0 aliphatic heterocycles. The predicted octanol–water partition coefficient (Wildman–Crippen LogP) is 0.0777. The molecule has 0 unspecified atom stereocenters. The first-order valence-corrected chi connectivity index (χ1v) is 7.25. The summed E-state index contributed by atoms with van der Waals surface area (Å²) in [5.41, 5.74) is 0.616. The molecule has 0 bridgehead atoms. The van der Waals surface area contributed by atoms with Crippen LogP contribution < -0.4 is 4.72 Å². The molecule has 2 rings (SSSR count). The zero-order valence-corrected chi connectivity index (χ0v) is 11.1. The van der Waals surface area contributed by atoms with Gasteiger partial charge in [0.05, 0.1) is 4.90 Å². The highest BCUT2D eigenvalue weighted by Crippen LogP contribution is 2.15. The summed E-state index contributed by atoms with van der Waals surface area (Å²) < 4.78 is 29.6. The normalized spacial score (nSPS) is 10.6. The number of nitrogens with one attached hydrogen (secondary N) is 1. The molecule has 0 fully saturated rings. The number of aliphatic hydroxyl groups excluding tert-OH is 1. The van der Waals surface area contributed by atoms with Crippen molar-refractivity contribution in [3.05, 3.63) is 29.8 Å². The van der Waals surface area contributed by atoms with Crippen molar-refractivity contribution in [1.29, 1.82) is 0 Å².